The van der Waals surface area contributed by atoms with Crippen molar-refractivity contribution in [3.63, 3.8) is 0 Å². The van der Waals surface area contributed by atoms with Crippen LogP contribution in [-0.2, 0) is 0 Å². The number of benzene rings is 9. The Morgan fingerprint density at radius 1 is 0.242 bits per heavy atom. The largest absolute Gasteiger partial charge is 0.456 e. The minimum atomic E-state index is 0.565. The van der Waals surface area contributed by atoms with Gasteiger partial charge >= 0.3 is 0 Å². The van der Waals surface area contributed by atoms with Gasteiger partial charge in [0, 0.05) is 60.3 Å². The first-order valence-corrected chi connectivity index (χ1v) is 21.9. The van der Waals surface area contributed by atoms with Crippen molar-refractivity contribution in [1.29, 1.82) is 0 Å². The van der Waals surface area contributed by atoms with Crippen LogP contribution in [0, 0.1) is 0 Å². The topological polar surface area (TPSA) is 90.7 Å². The van der Waals surface area contributed by atoms with E-state index in [2.05, 4.69) is 121 Å². The van der Waals surface area contributed by atoms with E-state index >= 15 is 0 Å². The van der Waals surface area contributed by atoms with E-state index in [0.717, 1.165) is 111 Å². The first-order valence-electron chi connectivity index (χ1n) is 21.9. The number of aromatic nitrogens is 5. The van der Waals surface area contributed by atoms with Crippen molar-refractivity contribution < 1.29 is 8.83 Å². The van der Waals surface area contributed by atoms with Crippen LogP contribution in [0.15, 0.2) is 221 Å². The monoisotopic (exact) mass is 845 g/mol. The first-order chi connectivity index (χ1) is 32.6. The van der Waals surface area contributed by atoms with Crippen LogP contribution in [0.25, 0.3) is 134 Å². The van der Waals surface area contributed by atoms with Crippen molar-refractivity contribution in [1.82, 2.24) is 24.9 Å². The predicted octanol–water partition coefficient (Wildman–Crippen LogP) is 15.3. The number of hydrogen-bond acceptors (Lipinski definition) is 7. The lowest BCUT2D eigenvalue weighted by atomic mass is 9.99. The van der Waals surface area contributed by atoms with Gasteiger partial charge in [0.15, 0.2) is 23.3 Å². The Morgan fingerprint density at radius 3 is 1.42 bits per heavy atom. The third-order valence-electron chi connectivity index (χ3n) is 12.3. The van der Waals surface area contributed by atoms with E-state index in [1.807, 2.05) is 91.0 Å². The number of fused-ring (bicyclic) bond motifs is 8. The molecule has 0 spiro atoms. The highest BCUT2D eigenvalue weighted by Crippen LogP contribution is 2.38. The standard InChI is InChI=1S/C59H35N5O2/c1-3-14-37(15-4-1)56-60-50(35-51(61-56)42-26-28-48-49-30-25-36-13-7-8-22-45(36)55(49)66-54(48)33-42)41-20-11-18-39(31-41)40-19-12-21-43(32-40)58-62-57(38-16-5-2-6-17-38)63-59(64-58)44-27-29-47-46-23-9-10-24-52(46)65-53(47)34-44/h1-35H. The van der Waals surface area contributed by atoms with Gasteiger partial charge in [-0.2, -0.15) is 0 Å². The molecule has 13 aromatic rings. The molecule has 0 fully saturated rings. The number of rotatable bonds is 7. The molecule has 9 aromatic carbocycles. The van der Waals surface area contributed by atoms with Gasteiger partial charge in [-0.15, -0.1) is 0 Å². The Kier molecular flexibility index (Phi) is 8.70. The summed E-state index contributed by atoms with van der Waals surface area (Å²) < 4.78 is 12.9. The summed E-state index contributed by atoms with van der Waals surface area (Å²) in [4.78, 5) is 25.5. The molecular weight excluding hydrogens is 811 g/mol. The van der Waals surface area contributed by atoms with Crippen LogP contribution in [0.3, 0.4) is 0 Å². The second-order valence-corrected chi connectivity index (χ2v) is 16.4. The van der Waals surface area contributed by atoms with Crippen molar-refractivity contribution >= 4 is 54.6 Å². The van der Waals surface area contributed by atoms with Crippen LogP contribution >= 0.6 is 0 Å². The molecule has 0 bridgehead atoms. The summed E-state index contributed by atoms with van der Waals surface area (Å²) in [7, 11) is 0. The summed E-state index contributed by atoms with van der Waals surface area (Å²) >= 11 is 0. The number of nitrogens with zero attached hydrogens (tertiary/aromatic N) is 5. The second-order valence-electron chi connectivity index (χ2n) is 16.4. The molecule has 66 heavy (non-hydrogen) atoms. The Bertz CT molecular complexity index is 4010. The van der Waals surface area contributed by atoms with Gasteiger partial charge in [-0.05, 0) is 71.1 Å². The smallest absolute Gasteiger partial charge is 0.164 e. The van der Waals surface area contributed by atoms with E-state index in [1.54, 1.807) is 0 Å². The summed E-state index contributed by atoms with van der Waals surface area (Å²) in [5.41, 5.74) is 12.5. The lowest BCUT2D eigenvalue weighted by Crippen LogP contribution is -2.00. The third-order valence-corrected chi connectivity index (χ3v) is 12.3. The predicted molar refractivity (Wildman–Crippen MR) is 266 cm³/mol. The fraction of sp³-hybridized carbons (Fsp3) is 0. The molecule has 4 heterocycles. The van der Waals surface area contributed by atoms with Crippen molar-refractivity contribution in [3.8, 4) is 79.2 Å². The van der Waals surface area contributed by atoms with Crippen LogP contribution in [0.5, 0.6) is 0 Å². The number of hydrogen-bond donors (Lipinski definition) is 0. The molecule has 4 aromatic heterocycles. The van der Waals surface area contributed by atoms with Crippen LogP contribution in [0.4, 0.5) is 0 Å². The van der Waals surface area contributed by atoms with E-state index in [-0.39, 0.29) is 0 Å². The molecule has 13 rings (SSSR count). The summed E-state index contributed by atoms with van der Waals surface area (Å²) in [5.74, 6) is 2.37. The summed E-state index contributed by atoms with van der Waals surface area (Å²) in [6.07, 6.45) is 0. The van der Waals surface area contributed by atoms with E-state index in [4.69, 9.17) is 33.8 Å². The molecule has 0 aliphatic carbocycles. The minimum Gasteiger partial charge on any atom is -0.456 e. The van der Waals surface area contributed by atoms with Crippen molar-refractivity contribution in [2.24, 2.45) is 0 Å². The lowest BCUT2D eigenvalue weighted by Gasteiger charge is -2.12. The van der Waals surface area contributed by atoms with Gasteiger partial charge < -0.3 is 8.83 Å². The molecule has 7 heteroatoms. The maximum absolute atomic E-state index is 6.59. The second kappa shape index (κ2) is 15.3. The molecule has 0 radical (unpaired) electrons. The highest BCUT2D eigenvalue weighted by atomic mass is 16.3. The van der Waals surface area contributed by atoms with Gasteiger partial charge in [-0.25, -0.2) is 24.9 Å². The minimum absolute atomic E-state index is 0.565. The molecule has 0 saturated heterocycles. The summed E-state index contributed by atoms with van der Waals surface area (Å²) in [6, 6.07) is 72.3. The molecule has 0 N–H and O–H groups in total. The van der Waals surface area contributed by atoms with Crippen LogP contribution in [0.1, 0.15) is 0 Å². The van der Waals surface area contributed by atoms with Gasteiger partial charge in [-0.1, -0.05) is 158 Å². The normalized spacial score (nSPS) is 11.6. The highest BCUT2D eigenvalue weighted by Gasteiger charge is 2.18. The quantitative estimate of drug-likeness (QED) is 0.158. The maximum Gasteiger partial charge on any atom is 0.164 e. The lowest BCUT2D eigenvalue weighted by molar-refractivity contribution is 0.669. The van der Waals surface area contributed by atoms with Crippen molar-refractivity contribution in [2.45, 2.75) is 0 Å². The maximum atomic E-state index is 6.59. The van der Waals surface area contributed by atoms with Crippen molar-refractivity contribution in [2.75, 3.05) is 0 Å². The van der Waals surface area contributed by atoms with Gasteiger partial charge in [-0.3, -0.25) is 0 Å². The molecule has 0 unspecified atom stereocenters. The fourth-order valence-corrected chi connectivity index (χ4v) is 9.03. The Labute approximate surface area is 378 Å². The van der Waals surface area contributed by atoms with Gasteiger partial charge in [0.25, 0.3) is 0 Å². The molecule has 0 aliphatic heterocycles. The molecule has 0 aliphatic rings. The van der Waals surface area contributed by atoms with E-state index in [0.29, 0.717) is 23.3 Å². The van der Waals surface area contributed by atoms with E-state index in [9.17, 15) is 0 Å². The fourth-order valence-electron chi connectivity index (χ4n) is 9.03. The molecule has 0 atom stereocenters. The first kappa shape index (κ1) is 37.5. The zero-order valence-corrected chi connectivity index (χ0v) is 35.3. The Hall–Kier alpha value is -9.07. The zero-order chi connectivity index (χ0) is 43.6. The molecule has 308 valence electrons. The average molecular weight is 846 g/mol. The highest BCUT2D eigenvalue weighted by molar-refractivity contribution is 6.15. The van der Waals surface area contributed by atoms with E-state index < -0.39 is 0 Å². The van der Waals surface area contributed by atoms with Crippen LogP contribution in [0.2, 0.25) is 0 Å². The molecule has 7 nitrogen and oxygen atoms in total. The zero-order valence-electron chi connectivity index (χ0n) is 35.3. The van der Waals surface area contributed by atoms with Crippen LogP contribution < -0.4 is 0 Å². The molecule has 0 amide bonds. The third kappa shape index (κ3) is 6.57. The van der Waals surface area contributed by atoms with Crippen LogP contribution in [-0.4, -0.2) is 24.9 Å². The van der Waals surface area contributed by atoms with Gasteiger partial charge in [0.2, 0.25) is 0 Å². The van der Waals surface area contributed by atoms with E-state index in [1.165, 1.54) is 0 Å². The summed E-state index contributed by atoms with van der Waals surface area (Å²) in [6.45, 7) is 0. The molecular formula is C59H35N5O2. The Morgan fingerprint density at radius 2 is 0.697 bits per heavy atom. The summed E-state index contributed by atoms with van der Waals surface area (Å²) in [5, 5.41) is 6.54. The average Bonchev–Trinajstić information content (AvgIpc) is 3.97. The number of para-hydroxylation sites is 1. The van der Waals surface area contributed by atoms with Crippen molar-refractivity contribution in [3.05, 3.63) is 212 Å². The SMILES string of the molecule is c1ccc(-c2nc(-c3cccc(-c4cccc(-c5nc(-c6ccccc6)nc(-c6ccc7c(c6)oc6ccccc67)n5)c4)c3)cc(-c3ccc4c(c3)oc3c5ccccc5ccc43)n2)cc1. The van der Waals surface area contributed by atoms with Gasteiger partial charge in [0.1, 0.15) is 22.3 Å². The molecule has 0 saturated carbocycles. The Balaban J connectivity index is 0.896. The number of furan rings is 2. The van der Waals surface area contributed by atoms with Gasteiger partial charge in [0.05, 0.1) is 11.4 Å².